The first-order valence-electron chi connectivity index (χ1n) is 5.44. The van der Waals surface area contributed by atoms with E-state index in [0.717, 1.165) is 6.07 Å². The number of nitrogens with zero attached hydrogens (tertiary/aromatic N) is 1. The molecule has 0 amide bonds. The highest BCUT2D eigenvalue weighted by Gasteiger charge is 2.53. The zero-order valence-corrected chi connectivity index (χ0v) is 10.3. The number of aromatic hydroxyl groups is 1. The van der Waals surface area contributed by atoms with Gasteiger partial charge < -0.3 is 14.4 Å². The number of aromatic nitrogens is 1. The molecule has 92 valence electrons. The minimum atomic E-state index is -0.851. The molecular weight excluding hydrogens is 224 g/mol. The average Bonchev–Trinajstić information content (AvgIpc) is 2.40. The maximum absolute atomic E-state index is 13.1. The highest BCUT2D eigenvalue weighted by atomic mass is 19.1. The van der Waals surface area contributed by atoms with Crippen molar-refractivity contribution in [2.24, 2.45) is 0 Å². The van der Waals surface area contributed by atoms with Crippen LogP contribution in [0.15, 0.2) is 12.1 Å². The Bertz CT molecular complexity index is 434. The summed E-state index contributed by atoms with van der Waals surface area (Å²) in [5.41, 5.74) is -1.01. The molecule has 0 unspecified atom stereocenters. The molecular formula is C11H15BFNO3. The first-order chi connectivity index (χ1) is 7.73. The Morgan fingerprint density at radius 2 is 1.71 bits per heavy atom. The largest absolute Gasteiger partial charge is 0.518 e. The van der Waals surface area contributed by atoms with Gasteiger partial charge in [0.1, 0.15) is 11.3 Å². The van der Waals surface area contributed by atoms with Crippen molar-refractivity contribution in [1.82, 2.24) is 4.98 Å². The van der Waals surface area contributed by atoms with Crippen LogP contribution in [0.4, 0.5) is 4.39 Å². The summed E-state index contributed by atoms with van der Waals surface area (Å²) < 4.78 is 24.4. The molecule has 1 saturated heterocycles. The fourth-order valence-corrected chi connectivity index (χ4v) is 1.57. The molecule has 0 aromatic carbocycles. The molecule has 2 rings (SSSR count). The SMILES string of the molecule is CC1(C)OB(c2nc(F)ccc2O)OC1(C)C. The maximum atomic E-state index is 13.1. The Balaban J connectivity index is 2.35. The quantitative estimate of drug-likeness (QED) is 0.591. The number of rotatable bonds is 1. The van der Waals surface area contributed by atoms with Crippen molar-refractivity contribution in [1.29, 1.82) is 0 Å². The molecule has 1 N–H and O–H groups in total. The van der Waals surface area contributed by atoms with Crippen molar-refractivity contribution >= 4 is 12.7 Å². The summed E-state index contributed by atoms with van der Waals surface area (Å²) >= 11 is 0. The van der Waals surface area contributed by atoms with Gasteiger partial charge >= 0.3 is 7.12 Å². The molecule has 4 nitrogen and oxygen atoms in total. The average molecular weight is 239 g/mol. The van der Waals surface area contributed by atoms with Crippen molar-refractivity contribution in [3.05, 3.63) is 18.1 Å². The molecule has 1 aromatic rings. The van der Waals surface area contributed by atoms with Crippen LogP contribution in [0.3, 0.4) is 0 Å². The van der Waals surface area contributed by atoms with Crippen LogP contribution in [0.25, 0.3) is 0 Å². The van der Waals surface area contributed by atoms with Gasteiger partial charge in [-0.25, -0.2) is 4.98 Å². The van der Waals surface area contributed by atoms with E-state index in [1.54, 1.807) is 0 Å². The van der Waals surface area contributed by atoms with Gasteiger partial charge in [-0.3, -0.25) is 0 Å². The Morgan fingerprint density at radius 1 is 1.18 bits per heavy atom. The van der Waals surface area contributed by atoms with Gasteiger partial charge in [0.15, 0.2) is 0 Å². The summed E-state index contributed by atoms with van der Waals surface area (Å²) in [6.07, 6.45) is 0. The fourth-order valence-electron chi connectivity index (χ4n) is 1.57. The molecule has 1 aliphatic rings. The highest BCUT2D eigenvalue weighted by Crippen LogP contribution is 2.36. The molecule has 1 aliphatic heterocycles. The zero-order valence-electron chi connectivity index (χ0n) is 10.3. The van der Waals surface area contributed by atoms with Gasteiger partial charge in [-0.05, 0) is 39.8 Å². The van der Waals surface area contributed by atoms with E-state index in [-0.39, 0.29) is 11.3 Å². The minimum absolute atomic E-state index is 0.0728. The van der Waals surface area contributed by atoms with E-state index in [0.29, 0.717) is 0 Å². The lowest BCUT2D eigenvalue weighted by Crippen LogP contribution is -2.41. The van der Waals surface area contributed by atoms with Gasteiger partial charge in [-0.2, -0.15) is 4.39 Å². The summed E-state index contributed by atoms with van der Waals surface area (Å²) in [4.78, 5) is 3.62. The standard InChI is InChI=1S/C11H15BFNO3/c1-10(2)11(3,4)17-12(16-10)9-7(15)5-6-8(13)14-9/h5-6,15H,1-4H3. The monoisotopic (exact) mass is 239 g/mol. The zero-order chi connectivity index (χ0) is 12.8. The van der Waals surface area contributed by atoms with Crippen LogP contribution in [0.2, 0.25) is 0 Å². The second-order valence-electron chi connectivity index (χ2n) is 5.13. The van der Waals surface area contributed by atoms with Crippen molar-refractivity contribution in [3.8, 4) is 5.75 Å². The predicted octanol–water partition coefficient (Wildman–Crippen LogP) is 1.23. The van der Waals surface area contributed by atoms with E-state index in [1.165, 1.54) is 6.07 Å². The maximum Gasteiger partial charge on any atom is 0.518 e. The molecule has 0 bridgehead atoms. The lowest BCUT2D eigenvalue weighted by Gasteiger charge is -2.32. The second kappa shape index (κ2) is 3.68. The summed E-state index contributed by atoms with van der Waals surface area (Å²) in [6.45, 7) is 7.51. The van der Waals surface area contributed by atoms with Gasteiger partial charge in [0.2, 0.25) is 5.95 Å². The molecule has 0 saturated carbocycles. The van der Waals surface area contributed by atoms with E-state index < -0.39 is 24.3 Å². The number of hydrogen-bond acceptors (Lipinski definition) is 4. The van der Waals surface area contributed by atoms with Crippen molar-refractivity contribution in [3.63, 3.8) is 0 Å². The molecule has 0 aliphatic carbocycles. The lowest BCUT2D eigenvalue weighted by molar-refractivity contribution is 0.00578. The molecule has 1 fully saturated rings. The first kappa shape index (κ1) is 12.3. The van der Waals surface area contributed by atoms with Crippen LogP contribution >= 0.6 is 0 Å². The molecule has 0 atom stereocenters. The molecule has 0 spiro atoms. The molecule has 0 radical (unpaired) electrons. The van der Waals surface area contributed by atoms with E-state index in [1.807, 2.05) is 27.7 Å². The molecule has 6 heteroatoms. The Kier molecular flexibility index (Phi) is 2.67. The normalized spacial score (nSPS) is 21.8. The summed E-state index contributed by atoms with van der Waals surface area (Å²) in [7, 11) is -0.851. The van der Waals surface area contributed by atoms with Crippen LogP contribution in [-0.4, -0.2) is 28.4 Å². The van der Waals surface area contributed by atoms with Gasteiger partial charge in [0, 0.05) is 0 Å². The molecule has 2 heterocycles. The van der Waals surface area contributed by atoms with Crippen LogP contribution < -0.4 is 5.59 Å². The van der Waals surface area contributed by atoms with Gasteiger partial charge in [0.05, 0.1) is 11.2 Å². The molecule has 1 aromatic heterocycles. The summed E-state index contributed by atoms with van der Waals surface area (Å²) in [6, 6.07) is 2.33. The summed E-state index contributed by atoms with van der Waals surface area (Å²) in [5, 5.41) is 9.65. The van der Waals surface area contributed by atoms with Crippen LogP contribution in [0.1, 0.15) is 27.7 Å². The number of pyridine rings is 1. The van der Waals surface area contributed by atoms with Crippen molar-refractivity contribution in [2.45, 2.75) is 38.9 Å². The summed E-state index contributed by atoms with van der Waals surface area (Å²) in [5.74, 6) is -0.808. The highest BCUT2D eigenvalue weighted by molar-refractivity contribution is 6.62. The topological polar surface area (TPSA) is 51.6 Å². The van der Waals surface area contributed by atoms with Gasteiger partial charge in [0.25, 0.3) is 0 Å². The Morgan fingerprint density at radius 3 is 2.24 bits per heavy atom. The van der Waals surface area contributed by atoms with Crippen molar-refractivity contribution in [2.75, 3.05) is 0 Å². The van der Waals surface area contributed by atoms with Crippen LogP contribution in [0, 0.1) is 5.95 Å². The Labute approximate surface area is 99.9 Å². The van der Waals surface area contributed by atoms with Crippen LogP contribution in [-0.2, 0) is 9.31 Å². The third kappa shape index (κ3) is 2.02. The van der Waals surface area contributed by atoms with E-state index in [9.17, 15) is 9.50 Å². The van der Waals surface area contributed by atoms with E-state index in [2.05, 4.69) is 4.98 Å². The van der Waals surface area contributed by atoms with Crippen LogP contribution in [0.5, 0.6) is 5.75 Å². The molecule has 17 heavy (non-hydrogen) atoms. The third-order valence-corrected chi connectivity index (χ3v) is 3.34. The number of halogens is 1. The third-order valence-electron chi connectivity index (χ3n) is 3.34. The Hall–Kier alpha value is -1.14. The minimum Gasteiger partial charge on any atom is -0.507 e. The fraction of sp³-hybridized carbons (Fsp3) is 0.545. The van der Waals surface area contributed by atoms with Crippen molar-refractivity contribution < 1.29 is 18.8 Å². The first-order valence-corrected chi connectivity index (χ1v) is 5.44. The lowest BCUT2D eigenvalue weighted by atomic mass is 9.83. The van der Waals surface area contributed by atoms with Gasteiger partial charge in [-0.15, -0.1) is 0 Å². The van der Waals surface area contributed by atoms with E-state index >= 15 is 0 Å². The second-order valence-corrected chi connectivity index (χ2v) is 5.13. The predicted molar refractivity (Wildman–Crippen MR) is 61.6 cm³/mol. The van der Waals surface area contributed by atoms with Gasteiger partial charge in [-0.1, -0.05) is 0 Å². The van der Waals surface area contributed by atoms with E-state index in [4.69, 9.17) is 9.31 Å². The number of hydrogen-bond donors (Lipinski definition) is 1. The smallest absolute Gasteiger partial charge is 0.507 e.